The number of hydrogen-bond donors (Lipinski definition) is 1. The van der Waals surface area contributed by atoms with Gasteiger partial charge in [-0.15, -0.1) is 0 Å². The van der Waals surface area contributed by atoms with E-state index >= 15 is 0 Å². The summed E-state index contributed by atoms with van der Waals surface area (Å²) < 4.78 is 0. The van der Waals surface area contributed by atoms with Crippen LogP contribution in [0.25, 0.3) is 32.9 Å². The Morgan fingerprint density at radius 3 is 2.90 bits per heavy atom. The quantitative estimate of drug-likeness (QED) is 0.569. The van der Waals surface area contributed by atoms with Crippen molar-refractivity contribution in [2.75, 3.05) is 24.5 Å². The van der Waals surface area contributed by atoms with Crippen molar-refractivity contribution >= 4 is 27.5 Å². The molecule has 1 N–H and O–H groups in total. The number of rotatable bonds is 3. The molecule has 1 aliphatic heterocycles. The zero-order valence-corrected chi connectivity index (χ0v) is 16.8. The average Bonchev–Trinajstić information content (AvgIpc) is 2.78. The van der Waals surface area contributed by atoms with Crippen LogP contribution in [0, 0.1) is 18.3 Å². The van der Waals surface area contributed by atoms with E-state index < -0.39 is 0 Å². The van der Waals surface area contributed by atoms with Gasteiger partial charge in [-0.05, 0) is 29.3 Å². The molecule has 0 bridgehead atoms. The Hall–Kier alpha value is -3.56. The van der Waals surface area contributed by atoms with Crippen molar-refractivity contribution in [3.63, 3.8) is 0 Å². The lowest BCUT2D eigenvalue weighted by atomic mass is 9.97. The molecule has 1 fully saturated rings. The number of pyridine rings is 1. The maximum Gasteiger partial charge on any atom is 0.141 e. The summed E-state index contributed by atoms with van der Waals surface area (Å²) in [5, 5.41) is 15.8. The lowest BCUT2D eigenvalue weighted by molar-refractivity contribution is 0.461. The van der Waals surface area contributed by atoms with Crippen molar-refractivity contribution in [1.82, 2.24) is 20.3 Å². The largest absolute Gasteiger partial charge is 0.353 e. The summed E-state index contributed by atoms with van der Waals surface area (Å²) in [6.45, 7) is 4.57. The van der Waals surface area contributed by atoms with Gasteiger partial charge in [0.2, 0.25) is 0 Å². The van der Waals surface area contributed by atoms with Crippen LogP contribution in [0.2, 0.25) is 0 Å². The molecule has 2 aromatic heterocycles. The van der Waals surface area contributed by atoms with Crippen molar-refractivity contribution < 1.29 is 0 Å². The van der Waals surface area contributed by atoms with Crippen LogP contribution in [0.5, 0.6) is 0 Å². The summed E-state index contributed by atoms with van der Waals surface area (Å²) in [5.74, 6) is 0.887. The van der Waals surface area contributed by atoms with Gasteiger partial charge in [-0.1, -0.05) is 36.4 Å². The van der Waals surface area contributed by atoms with Crippen molar-refractivity contribution in [3.05, 3.63) is 60.6 Å². The number of benzene rings is 2. The third-order valence-corrected chi connectivity index (χ3v) is 5.78. The van der Waals surface area contributed by atoms with Crippen molar-refractivity contribution in [3.8, 4) is 17.3 Å². The van der Waals surface area contributed by atoms with E-state index in [0.717, 1.165) is 47.6 Å². The highest BCUT2D eigenvalue weighted by Crippen LogP contribution is 2.32. The highest BCUT2D eigenvalue weighted by molar-refractivity contribution is 6.00. The Kier molecular flexibility index (Phi) is 4.74. The first-order valence-electron chi connectivity index (χ1n) is 10.2. The fraction of sp³-hybridized carbons (Fsp3) is 0.250. The van der Waals surface area contributed by atoms with Gasteiger partial charge >= 0.3 is 0 Å². The Labute approximate surface area is 175 Å². The number of aryl methyl sites for hydroxylation is 1. The number of fused-ring (bicyclic) bond motifs is 2. The molecule has 1 aliphatic rings. The van der Waals surface area contributed by atoms with Gasteiger partial charge in [0.25, 0.3) is 0 Å². The molecule has 0 saturated carbocycles. The smallest absolute Gasteiger partial charge is 0.141 e. The second kappa shape index (κ2) is 7.69. The van der Waals surface area contributed by atoms with Crippen molar-refractivity contribution in [1.29, 1.82) is 5.26 Å². The third kappa shape index (κ3) is 3.23. The van der Waals surface area contributed by atoms with E-state index in [-0.39, 0.29) is 6.04 Å². The maximum absolute atomic E-state index is 9.04. The van der Waals surface area contributed by atoms with E-state index in [1.54, 1.807) is 6.33 Å². The summed E-state index contributed by atoms with van der Waals surface area (Å²) in [5.41, 5.74) is 4.14. The second-order valence-electron chi connectivity index (χ2n) is 7.72. The first-order valence-corrected chi connectivity index (χ1v) is 10.2. The highest BCUT2D eigenvalue weighted by atomic mass is 15.2. The molecule has 0 amide bonds. The molecule has 148 valence electrons. The first kappa shape index (κ1) is 18.5. The SMILES string of the molecule is Cc1cccc2cccc(-c3cc4ncnc(N5CCN[C@@H](CC#N)C5)c4cn3)c12. The normalized spacial score (nSPS) is 16.7. The number of nitriles is 1. The number of aromatic nitrogens is 3. The van der Waals surface area contributed by atoms with Gasteiger partial charge in [0.05, 0.1) is 29.1 Å². The molecule has 1 saturated heterocycles. The van der Waals surface area contributed by atoms with Gasteiger partial charge in [0.15, 0.2) is 0 Å². The summed E-state index contributed by atoms with van der Waals surface area (Å²) in [6, 6.07) is 17.1. The van der Waals surface area contributed by atoms with Crippen LogP contribution < -0.4 is 10.2 Å². The minimum absolute atomic E-state index is 0.152. The topological polar surface area (TPSA) is 77.7 Å². The molecule has 6 nitrogen and oxygen atoms in total. The van der Waals surface area contributed by atoms with Crippen LogP contribution in [-0.4, -0.2) is 40.6 Å². The molecule has 0 spiro atoms. The third-order valence-electron chi connectivity index (χ3n) is 5.78. The minimum atomic E-state index is 0.152. The zero-order valence-electron chi connectivity index (χ0n) is 16.8. The first-order chi connectivity index (χ1) is 14.7. The van der Waals surface area contributed by atoms with E-state index in [2.05, 4.69) is 75.6 Å². The molecule has 6 heteroatoms. The molecule has 30 heavy (non-hydrogen) atoms. The van der Waals surface area contributed by atoms with E-state index in [1.807, 2.05) is 6.20 Å². The van der Waals surface area contributed by atoms with E-state index in [9.17, 15) is 0 Å². The van der Waals surface area contributed by atoms with E-state index in [4.69, 9.17) is 10.2 Å². The lowest BCUT2D eigenvalue weighted by Gasteiger charge is -2.33. The van der Waals surface area contributed by atoms with Gasteiger partial charge in [0, 0.05) is 37.4 Å². The number of piperazine rings is 1. The van der Waals surface area contributed by atoms with Crippen LogP contribution in [0.4, 0.5) is 5.82 Å². The monoisotopic (exact) mass is 394 g/mol. The van der Waals surface area contributed by atoms with Gasteiger partial charge < -0.3 is 10.2 Å². The van der Waals surface area contributed by atoms with Crippen LogP contribution >= 0.6 is 0 Å². The summed E-state index contributed by atoms with van der Waals surface area (Å²) in [6.07, 6.45) is 4.00. The Morgan fingerprint density at radius 1 is 1.17 bits per heavy atom. The molecule has 1 atom stereocenters. The zero-order chi connectivity index (χ0) is 20.5. The van der Waals surface area contributed by atoms with Crippen LogP contribution in [0.3, 0.4) is 0 Å². The minimum Gasteiger partial charge on any atom is -0.353 e. The van der Waals surface area contributed by atoms with Crippen LogP contribution in [0.1, 0.15) is 12.0 Å². The van der Waals surface area contributed by atoms with Gasteiger partial charge in [-0.3, -0.25) is 4.98 Å². The molecular formula is C24H22N6. The van der Waals surface area contributed by atoms with Crippen LogP contribution in [0.15, 0.2) is 55.0 Å². The predicted molar refractivity (Wildman–Crippen MR) is 119 cm³/mol. The predicted octanol–water partition coefficient (Wildman–Crippen LogP) is 3.85. The number of nitrogens with one attached hydrogen (secondary N) is 1. The highest BCUT2D eigenvalue weighted by Gasteiger charge is 2.22. The van der Waals surface area contributed by atoms with Crippen molar-refractivity contribution in [2.45, 2.75) is 19.4 Å². The van der Waals surface area contributed by atoms with Gasteiger partial charge in [-0.2, -0.15) is 5.26 Å². The Morgan fingerprint density at radius 2 is 2.03 bits per heavy atom. The lowest BCUT2D eigenvalue weighted by Crippen LogP contribution is -2.50. The van der Waals surface area contributed by atoms with Gasteiger partial charge in [-0.25, -0.2) is 9.97 Å². The molecule has 0 radical (unpaired) electrons. The Bertz CT molecular complexity index is 1270. The molecular weight excluding hydrogens is 372 g/mol. The standard InChI is InChI=1S/C24H22N6/c1-16-4-2-5-17-6-3-7-19(23(16)17)21-12-22-20(13-27-21)24(29-15-28-22)30-11-10-26-18(14-30)8-9-25/h2-7,12-13,15,18,26H,8,10-11,14H2,1H3/t18-/m0/s1. The number of nitrogens with zero attached hydrogens (tertiary/aromatic N) is 5. The Balaban J connectivity index is 1.58. The van der Waals surface area contributed by atoms with E-state index in [1.165, 1.54) is 16.3 Å². The number of anilines is 1. The fourth-order valence-electron chi connectivity index (χ4n) is 4.35. The number of hydrogen-bond acceptors (Lipinski definition) is 6. The summed E-state index contributed by atoms with van der Waals surface area (Å²) in [7, 11) is 0. The molecule has 4 aromatic rings. The molecule has 5 rings (SSSR count). The summed E-state index contributed by atoms with van der Waals surface area (Å²) in [4.78, 5) is 16.1. The van der Waals surface area contributed by atoms with Crippen LogP contribution in [-0.2, 0) is 0 Å². The molecule has 0 unspecified atom stereocenters. The fourth-order valence-corrected chi connectivity index (χ4v) is 4.35. The summed E-state index contributed by atoms with van der Waals surface area (Å²) >= 11 is 0. The molecule has 0 aliphatic carbocycles. The molecule has 3 heterocycles. The van der Waals surface area contributed by atoms with Crippen molar-refractivity contribution in [2.24, 2.45) is 0 Å². The second-order valence-corrected chi connectivity index (χ2v) is 7.72. The van der Waals surface area contributed by atoms with E-state index in [0.29, 0.717) is 6.42 Å². The average molecular weight is 394 g/mol. The molecule has 2 aromatic carbocycles. The van der Waals surface area contributed by atoms with Gasteiger partial charge in [0.1, 0.15) is 12.1 Å². The maximum atomic E-state index is 9.04.